The number of likely N-dealkylation sites (tertiary alicyclic amines) is 1. The number of carbonyl (C=O) groups is 1. The Kier molecular flexibility index (Phi) is 4.60. The summed E-state index contributed by atoms with van der Waals surface area (Å²) in [4.78, 5) is 13.8. The maximum absolute atomic E-state index is 12.0. The molecule has 0 spiro atoms. The van der Waals surface area contributed by atoms with Crippen molar-refractivity contribution in [3.8, 4) is 0 Å². The Morgan fingerprint density at radius 3 is 2.76 bits per heavy atom. The van der Waals surface area contributed by atoms with Crippen LogP contribution in [0.1, 0.15) is 29.7 Å². The summed E-state index contributed by atoms with van der Waals surface area (Å²) in [5, 5.41) is 0. The van der Waals surface area contributed by atoms with E-state index in [-0.39, 0.29) is 24.4 Å². The zero-order valence-corrected chi connectivity index (χ0v) is 11.0. The quantitative estimate of drug-likeness (QED) is 0.880. The van der Waals surface area contributed by atoms with Crippen LogP contribution >= 0.6 is 12.4 Å². The highest BCUT2D eigenvalue weighted by Crippen LogP contribution is 2.21. The maximum Gasteiger partial charge on any atom is 0.289 e. The van der Waals surface area contributed by atoms with Crippen LogP contribution in [-0.2, 0) is 0 Å². The van der Waals surface area contributed by atoms with Gasteiger partial charge in [-0.05, 0) is 38.3 Å². The Hall–Kier alpha value is -1.00. The van der Waals surface area contributed by atoms with Crippen molar-refractivity contribution < 1.29 is 9.21 Å². The van der Waals surface area contributed by atoms with Crippen molar-refractivity contribution in [3.05, 3.63) is 23.7 Å². The van der Waals surface area contributed by atoms with Crippen molar-refractivity contribution in [1.82, 2.24) is 4.90 Å². The van der Waals surface area contributed by atoms with E-state index in [9.17, 15) is 4.79 Å². The zero-order valence-electron chi connectivity index (χ0n) is 10.2. The fraction of sp³-hybridized carbons (Fsp3) is 0.583. The number of carbonyl (C=O) groups excluding carboxylic acids is 1. The third-order valence-electron chi connectivity index (χ3n) is 3.21. The van der Waals surface area contributed by atoms with E-state index in [1.54, 1.807) is 6.07 Å². The van der Waals surface area contributed by atoms with Crippen LogP contribution in [0.5, 0.6) is 0 Å². The minimum absolute atomic E-state index is 0. The molecule has 1 aliphatic rings. The number of hydrogen-bond donors (Lipinski definition) is 1. The second-order valence-corrected chi connectivity index (χ2v) is 4.57. The van der Waals surface area contributed by atoms with E-state index in [1.165, 1.54) is 0 Å². The van der Waals surface area contributed by atoms with Gasteiger partial charge in [0.05, 0.1) is 0 Å². The molecule has 1 aromatic rings. The molecule has 0 bridgehead atoms. The van der Waals surface area contributed by atoms with E-state index >= 15 is 0 Å². The Morgan fingerprint density at radius 2 is 2.29 bits per heavy atom. The molecule has 1 aliphatic heterocycles. The van der Waals surface area contributed by atoms with Crippen LogP contribution in [0, 0.1) is 12.8 Å². The first-order valence-corrected chi connectivity index (χ1v) is 5.69. The molecule has 1 saturated heterocycles. The molecular weight excluding hydrogens is 240 g/mol. The summed E-state index contributed by atoms with van der Waals surface area (Å²) in [5.74, 6) is 1.60. The molecule has 5 heteroatoms. The summed E-state index contributed by atoms with van der Waals surface area (Å²) in [6, 6.07) is 3.69. The summed E-state index contributed by atoms with van der Waals surface area (Å²) >= 11 is 0. The van der Waals surface area contributed by atoms with Crippen molar-refractivity contribution in [2.24, 2.45) is 11.7 Å². The van der Waals surface area contributed by atoms with Crippen LogP contribution in [0.4, 0.5) is 0 Å². The van der Waals surface area contributed by atoms with Gasteiger partial charge < -0.3 is 15.1 Å². The standard InChI is InChI=1S/C12H18N2O2.ClH/c1-8-3-4-11(16-8)12(15)14-6-5-10(7-14)9(2)13;/h3-4,9-10H,5-7,13H2,1-2H3;1H. The topological polar surface area (TPSA) is 59.5 Å². The predicted molar refractivity (Wildman–Crippen MR) is 68.4 cm³/mol. The van der Waals surface area contributed by atoms with Gasteiger partial charge in [0.25, 0.3) is 5.91 Å². The molecule has 1 amide bonds. The van der Waals surface area contributed by atoms with Crippen molar-refractivity contribution in [3.63, 3.8) is 0 Å². The minimum Gasteiger partial charge on any atom is -0.456 e. The lowest BCUT2D eigenvalue weighted by molar-refractivity contribution is 0.0753. The number of nitrogens with two attached hydrogens (primary N) is 1. The Bertz CT molecular complexity index is 390. The average Bonchev–Trinajstić information content (AvgIpc) is 2.84. The number of halogens is 1. The molecule has 0 aromatic carbocycles. The lowest BCUT2D eigenvalue weighted by Gasteiger charge is -2.16. The van der Waals surface area contributed by atoms with Gasteiger partial charge in [-0.3, -0.25) is 4.79 Å². The van der Waals surface area contributed by atoms with Crippen LogP contribution in [0.15, 0.2) is 16.5 Å². The van der Waals surface area contributed by atoms with Gasteiger partial charge in [0.2, 0.25) is 0 Å². The molecule has 2 heterocycles. The van der Waals surface area contributed by atoms with Gasteiger partial charge in [-0.25, -0.2) is 0 Å². The molecule has 17 heavy (non-hydrogen) atoms. The van der Waals surface area contributed by atoms with Gasteiger partial charge >= 0.3 is 0 Å². The van der Waals surface area contributed by atoms with Gasteiger partial charge in [-0.2, -0.15) is 0 Å². The molecule has 0 aliphatic carbocycles. The largest absolute Gasteiger partial charge is 0.456 e. The second kappa shape index (κ2) is 5.56. The van der Waals surface area contributed by atoms with Crippen LogP contribution in [0.3, 0.4) is 0 Å². The van der Waals surface area contributed by atoms with Crippen molar-refractivity contribution in [2.45, 2.75) is 26.3 Å². The maximum atomic E-state index is 12.0. The zero-order chi connectivity index (χ0) is 11.7. The summed E-state index contributed by atoms with van der Waals surface area (Å²) < 4.78 is 5.33. The summed E-state index contributed by atoms with van der Waals surface area (Å²) in [7, 11) is 0. The number of nitrogens with zero attached hydrogens (tertiary/aromatic N) is 1. The summed E-state index contributed by atoms with van der Waals surface area (Å²) in [6.07, 6.45) is 0.989. The molecule has 2 rings (SSSR count). The first-order chi connectivity index (χ1) is 7.58. The van der Waals surface area contributed by atoms with E-state index in [1.807, 2.05) is 24.8 Å². The lowest BCUT2D eigenvalue weighted by Crippen LogP contribution is -2.32. The van der Waals surface area contributed by atoms with Crippen LogP contribution in [0.25, 0.3) is 0 Å². The Morgan fingerprint density at radius 1 is 1.59 bits per heavy atom. The first kappa shape index (κ1) is 14.1. The number of amides is 1. The molecule has 2 N–H and O–H groups in total. The molecule has 0 saturated carbocycles. The normalized spacial score (nSPS) is 21.1. The smallest absolute Gasteiger partial charge is 0.289 e. The molecule has 2 atom stereocenters. The van der Waals surface area contributed by atoms with E-state index in [0.29, 0.717) is 11.7 Å². The highest BCUT2D eigenvalue weighted by atomic mass is 35.5. The molecule has 0 radical (unpaired) electrons. The molecule has 96 valence electrons. The monoisotopic (exact) mass is 258 g/mol. The Labute approximate surface area is 108 Å². The first-order valence-electron chi connectivity index (χ1n) is 5.69. The molecule has 1 aromatic heterocycles. The molecular formula is C12H19ClN2O2. The minimum atomic E-state index is -0.0174. The van der Waals surface area contributed by atoms with Crippen LogP contribution in [-0.4, -0.2) is 29.9 Å². The predicted octanol–water partition coefficient (Wildman–Crippen LogP) is 1.82. The summed E-state index contributed by atoms with van der Waals surface area (Å²) in [5.41, 5.74) is 5.84. The van der Waals surface area contributed by atoms with E-state index in [0.717, 1.165) is 25.3 Å². The second-order valence-electron chi connectivity index (χ2n) is 4.57. The number of furan rings is 1. The van der Waals surface area contributed by atoms with Gasteiger partial charge in [-0.15, -0.1) is 12.4 Å². The highest BCUT2D eigenvalue weighted by Gasteiger charge is 2.30. The lowest BCUT2D eigenvalue weighted by atomic mass is 10.0. The van der Waals surface area contributed by atoms with Crippen LogP contribution in [0.2, 0.25) is 0 Å². The molecule has 1 fully saturated rings. The van der Waals surface area contributed by atoms with E-state index < -0.39 is 0 Å². The third-order valence-corrected chi connectivity index (χ3v) is 3.21. The Balaban J connectivity index is 0.00000144. The highest BCUT2D eigenvalue weighted by molar-refractivity contribution is 5.91. The van der Waals surface area contributed by atoms with Crippen molar-refractivity contribution in [1.29, 1.82) is 0 Å². The van der Waals surface area contributed by atoms with Gasteiger partial charge in [0.1, 0.15) is 5.76 Å². The van der Waals surface area contributed by atoms with E-state index in [4.69, 9.17) is 10.2 Å². The fourth-order valence-corrected chi connectivity index (χ4v) is 2.11. The van der Waals surface area contributed by atoms with Crippen LogP contribution < -0.4 is 5.73 Å². The summed E-state index contributed by atoms with van der Waals surface area (Å²) in [6.45, 7) is 5.36. The number of hydrogen-bond acceptors (Lipinski definition) is 3. The van der Waals surface area contributed by atoms with Gasteiger partial charge in [0.15, 0.2) is 5.76 Å². The van der Waals surface area contributed by atoms with Crippen molar-refractivity contribution in [2.75, 3.05) is 13.1 Å². The average molecular weight is 259 g/mol. The molecule has 4 nitrogen and oxygen atoms in total. The van der Waals surface area contributed by atoms with Gasteiger partial charge in [0, 0.05) is 19.1 Å². The van der Waals surface area contributed by atoms with E-state index in [2.05, 4.69) is 0 Å². The molecule has 2 unspecified atom stereocenters. The number of rotatable bonds is 2. The fourth-order valence-electron chi connectivity index (χ4n) is 2.11. The van der Waals surface area contributed by atoms with Gasteiger partial charge in [-0.1, -0.05) is 0 Å². The number of aryl methyl sites for hydroxylation is 1. The SMILES string of the molecule is Cc1ccc(C(=O)N2CCC(C(C)N)C2)o1.Cl. The van der Waals surface area contributed by atoms with Crippen molar-refractivity contribution >= 4 is 18.3 Å². The third kappa shape index (κ3) is 3.01.